The first-order valence-corrected chi connectivity index (χ1v) is 14.0. The van der Waals surface area contributed by atoms with Crippen LogP contribution in [0.1, 0.15) is 131 Å². The molecule has 0 heterocycles. The smallest absolute Gasteiger partial charge is 0.408 e. The highest BCUT2D eigenvalue weighted by Gasteiger charge is 2.34. The Bertz CT molecular complexity index is 522. The molecule has 194 valence electrons. The van der Waals surface area contributed by atoms with Crippen molar-refractivity contribution in [3.05, 3.63) is 0 Å². The molecule has 1 amide bonds. The van der Waals surface area contributed by atoms with Gasteiger partial charge in [0.1, 0.15) is 12.1 Å². The van der Waals surface area contributed by atoms with Gasteiger partial charge in [-0.1, -0.05) is 105 Å². The van der Waals surface area contributed by atoms with Crippen molar-refractivity contribution in [1.29, 1.82) is 0 Å². The van der Waals surface area contributed by atoms with Gasteiger partial charge >= 0.3 is 12.1 Å². The van der Waals surface area contributed by atoms with Crippen LogP contribution < -0.4 is 5.32 Å². The molecule has 1 aliphatic carbocycles. The number of nitrogens with one attached hydrogen (secondary N) is 1. The van der Waals surface area contributed by atoms with Gasteiger partial charge in [0.05, 0.1) is 6.61 Å². The SMILES string of the molecule is CCCCCCCCCCCCOC(=O)C(CCC)NC(=O)OC1CC(C)CCC1C(C)C. The molecule has 1 saturated carbocycles. The van der Waals surface area contributed by atoms with Crippen LogP contribution in [0.3, 0.4) is 0 Å². The molecule has 33 heavy (non-hydrogen) atoms. The summed E-state index contributed by atoms with van der Waals surface area (Å²) in [6.07, 6.45) is 16.5. The van der Waals surface area contributed by atoms with Gasteiger partial charge < -0.3 is 14.8 Å². The minimum atomic E-state index is -0.621. The summed E-state index contributed by atoms with van der Waals surface area (Å²) in [5.41, 5.74) is 0. The predicted octanol–water partition coefficient (Wildman–Crippen LogP) is 7.81. The van der Waals surface area contributed by atoms with Crippen LogP contribution in [0.4, 0.5) is 4.79 Å². The van der Waals surface area contributed by atoms with Gasteiger partial charge in [0.15, 0.2) is 0 Å². The summed E-state index contributed by atoms with van der Waals surface area (Å²) < 4.78 is 11.3. The van der Waals surface area contributed by atoms with Crippen LogP contribution in [0.5, 0.6) is 0 Å². The molecule has 0 aromatic rings. The van der Waals surface area contributed by atoms with E-state index in [-0.39, 0.29) is 12.1 Å². The van der Waals surface area contributed by atoms with E-state index in [0.29, 0.717) is 30.8 Å². The van der Waals surface area contributed by atoms with Crippen molar-refractivity contribution in [1.82, 2.24) is 5.32 Å². The van der Waals surface area contributed by atoms with E-state index >= 15 is 0 Å². The Hall–Kier alpha value is -1.26. The summed E-state index contributed by atoms with van der Waals surface area (Å²) in [7, 11) is 0. The Morgan fingerprint density at radius 1 is 0.879 bits per heavy atom. The first-order valence-electron chi connectivity index (χ1n) is 14.0. The number of carbonyl (C=O) groups excluding carboxylic acids is 2. The third-order valence-corrected chi connectivity index (χ3v) is 7.12. The molecule has 5 nitrogen and oxygen atoms in total. The van der Waals surface area contributed by atoms with Gasteiger partial charge in [0, 0.05) is 0 Å². The van der Waals surface area contributed by atoms with Crippen LogP contribution in [0.15, 0.2) is 0 Å². The highest BCUT2D eigenvalue weighted by molar-refractivity contribution is 5.81. The van der Waals surface area contributed by atoms with Crippen LogP contribution in [-0.2, 0) is 14.3 Å². The molecule has 4 atom stereocenters. The third-order valence-electron chi connectivity index (χ3n) is 7.12. The Balaban J connectivity index is 2.28. The number of alkyl carbamates (subject to hydrolysis) is 1. The van der Waals surface area contributed by atoms with Crippen molar-refractivity contribution >= 4 is 12.1 Å². The maximum Gasteiger partial charge on any atom is 0.408 e. The summed E-state index contributed by atoms with van der Waals surface area (Å²) in [5, 5.41) is 2.79. The van der Waals surface area contributed by atoms with Crippen molar-refractivity contribution in [3.63, 3.8) is 0 Å². The number of esters is 1. The van der Waals surface area contributed by atoms with E-state index in [0.717, 1.165) is 32.1 Å². The number of hydrogen-bond acceptors (Lipinski definition) is 4. The first-order chi connectivity index (χ1) is 15.9. The van der Waals surface area contributed by atoms with E-state index in [9.17, 15) is 9.59 Å². The molecule has 1 rings (SSSR count). The number of unbranched alkanes of at least 4 members (excludes halogenated alkanes) is 9. The van der Waals surface area contributed by atoms with Crippen LogP contribution >= 0.6 is 0 Å². The summed E-state index contributed by atoms with van der Waals surface area (Å²) in [6, 6.07) is -0.621. The molecule has 4 unspecified atom stereocenters. The second kappa shape index (κ2) is 18.1. The molecule has 1 fully saturated rings. The maximum atomic E-state index is 12.6. The van der Waals surface area contributed by atoms with Gasteiger partial charge in [0.25, 0.3) is 0 Å². The number of ether oxygens (including phenoxy) is 2. The number of rotatable bonds is 17. The molecule has 1 N–H and O–H groups in total. The zero-order valence-electron chi connectivity index (χ0n) is 22.3. The molecule has 0 radical (unpaired) electrons. The van der Waals surface area contributed by atoms with Gasteiger partial charge in [-0.2, -0.15) is 0 Å². The van der Waals surface area contributed by atoms with Gasteiger partial charge in [-0.05, 0) is 43.4 Å². The molecule has 0 saturated heterocycles. The lowest BCUT2D eigenvalue weighted by Crippen LogP contribution is -2.45. The Kier molecular flexibility index (Phi) is 16.3. The van der Waals surface area contributed by atoms with E-state index in [4.69, 9.17) is 9.47 Å². The third kappa shape index (κ3) is 13.3. The summed E-state index contributed by atoms with van der Waals surface area (Å²) in [5.74, 6) is 1.10. The monoisotopic (exact) mass is 467 g/mol. The lowest BCUT2D eigenvalue weighted by atomic mass is 9.75. The lowest BCUT2D eigenvalue weighted by Gasteiger charge is -2.36. The fourth-order valence-corrected chi connectivity index (χ4v) is 4.96. The van der Waals surface area contributed by atoms with Crippen molar-refractivity contribution in [2.75, 3.05) is 6.61 Å². The predicted molar refractivity (Wildman–Crippen MR) is 136 cm³/mol. The second-order valence-corrected chi connectivity index (χ2v) is 10.6. The minimum absolute atomic E-state index is 0.0707. The van der Waals surface area contributed by atoms with E-state index in [2.05, 4.69) is 33.0 Å². The van der Waals surface area contributed by atoms with Crippen LogP contribution in [0, 0.1) is 17.8 Å². The topological polar surface area (TPSA) is 64.6 Å². The normalized spacial score (nSPS) is 21.6. The van der Waals surface area contributed by atoms with E-state index in [1.54, 1.807) is 0 Å². The van der Waals surface area contributed by atoms with Crippen LogP contribution in [0.25, 0.3) is 0 Å². The molecule has 0 aliphatic heterocycles. The molecule has 1 aliphatic rings. The van der Waals surface area contributed by atoms with Crippen molar-refractivity contribution in [3.8, 4) is 0 Å². The first kappa shape index (κ1) is 29.8. The van der Waals surface area contributed by atoms with E-state index in [1.807, 2.05) is 6.92 Å². The number of amides is 1. The Labute approximate surface area is 204 Å². The molecule has 0 aromatic heterocycles. The van der Waals surface area contributed by atoms with E-state index in [1.165, 1.54) is 57.8 Å². The number of carbonyl (C=O) groups is 2. The highest BCUT2D eigenvalue weighted by Crippen LogP contribution is 2.35. The minimum Gasteiger partial charge on any atom is -0.464 e. The molecule has 0 aromatic carbocycles. The fourth-order valence-electron chi connectivity index (χ4n) is 4.96. The van der Waals surface area contributed by atoms with Crippen LogP contribution in [0.2, 0.25) is 0 Å². The highest BCUT2D eigenvalue weighted by atomic mass is 16.6. The molecule has 5 heteroatoms. The summed E-state index contributed by atoms with van der Waals surface area (Å²) in [4.78, 5) is 25.1. The average molecular weight is 468 g/mol. The Morgan fingerprint density at radius 2 is 1.48 bits per heavy atom. The maximum absolute atomic E-state index is 12.6. The largest absolute Gasteiger partial charge is 0.464 e. The van der Waals surface area contributed by atoms with Crippen molar-refractivity contribution < 1.29 is 19.1 Å². The number of hydrogen-bond donors (Lipinski definition) is 1. The van der Waals surface area contributed by atoms with Gasteiger partial charge in [-0.15, -0.1) is 0 Å². The standard InChI is InChI=1S/C28H53NO4/c1-6-8-9-10-11-12-13-14-15-16-20-32-27(30)25(17-7-2)29-28(31)33-26-21-23(5)18-19-24(26)22(3)4/h22-26H,6-21H2,1-5H3,(H,29,31). The zero-order chi connectivity index (χ0) is 24.5. The van der Waals surface area contributed by atoms with Gasteiger partial charge in [-0.25, -0.2) is 9.59 Å². The second-order valence-electron chi connectivity index (χ2n) is 10.6. The fraction of sp³-hybridized carbons (Fsp3) is 0.929. The van der Waals surface area contributed by atoms with Gasteiger partial charge in [0.2, 0.25) is 0 Å². The molecular weight excluding hydrogens is 414 g/mol. The summed E-state index contributed by atoms with van der Waals surface area (Å²) in [6.45, 7) is 11.3. The van der Waals surface area contributed by atoms with Gasteiger partial charge in [-0.3, -0.25) is 0 Å². The lowest BCUT2D eigenvalue weighted by molar-refractivity contribution is -0.146. The quantitative estimate of drug-likeness (QED) is 0.175. The molecule has 0 bridgehead atoms. The molecule has 0 spiro atoms. The molecular formula is C28H53NO4. The average Bonchev–Trinajstić information content (AvgIpc) is 2.76. The summed E-state index contributed by atoms with van der Waals surface area (Å²) >= 11 is 0. The van der Waals surface area contributed by atoms with Crippen molar-refractivity contribution in [2.24, 2.45) is 17.8 Å². The Morgan fingerprint density at radius 3 is 2.06 bits per heavy atom. The zero-order valence-corrected chi connectivity index (χ0v) is 22.3. The van der Waals surface area contributed by atoms with Crippen LogP contribution in [-0.4, -0.2) is 30.8 Å². The van der Waals surface area contributed by atoms with E-state index < -0.39 is 12.1 Å². The van der Waals surface area contributed by atoms with Crippen molar-refractivity contribution in [2.45, 2.75) is 143 Å².